The van der Waals surface area contributed by atoms with Crippen LogP contribution >= 0.6 is 0 Å². The fourth-order valence-electron chi connectivity index (χ4n) is 1.64. The van der Waals surface area contributed by atoms with Crippen LogP contribution in [-0.4, -0.2) is 21.0 Å². The van der Waals surface area contributed by atoms with Gasteiger partial charge >= 0.3 is 5.97 Å². The van der Waals surface area contributed by atoms with E-state index in [1.165, 1.54) is 19.8 Å². The molecule has 7 heteroatoms. The third kappa shape index (κ3) is 3.11. The van der Waals surface area contributed by atoms with Crippen LogP contribution in [0.4, 0.5) is 0 Å². The second kappa shape index (κ2) is 4.74. The quantitative estimate of drug-likeness (QED) is 0.812. The van der Waals surface area contributed by atoms with Crippen LogP contribution in [0.1, 0.15) is 35.6 Å². The number of rotatable bonds is 5. The Morgan fingerprint density at radius 3 is 2.72 bits per heavy atom. The molecule has 1 heterocycles. The van der Waals surface area contributed by atoms with Gasteiger partial charge in [-0.25, -0.2) is 18.4 Å². The van der Waals surface area contributed by atoms with E-state index in [4.69, 9.17) is 14.3 Å². The van der Waals surface area contributed by atoms with Crippen LogP contribution in [0.5, 0.6) is 0 Å². The number of primary sulfonamides is 1. The molecule has 0 aliphatic heterocycles. The van der Waals surface area contributed by atoms with Gasteiger partial charge in [-0.2, -0.15) is 0 Å². The summed E-state index contributed by atoms with van der Waals surface area (Å²) in [6.07, 6.45) is 3.22. The maximum Gasteiger partial charge on any atom is 0.374 e. The second-order valence-electron chi connectivity index (χ2n) is 4.44. The Kier molecular flexibility index (Phi) is 3.45. The van der Waals surface area contributed by atoms with E-state index in [-0.39, 0.29) is 16.4 Å². The normalized spacial score (nSPS) is 15.7. The zero-order valence-corrected chi connectivity index (χ0v) is 10.8. The van der Waals surface area contributed by atoms with E-state index in [9.17, 15) is 13.2 Å². The molecule has 0 aromatic carbocycles. The smallest absolute Gasteiger partial charge is 0.374 e. The summed E-state index contributed by atoms with van der Waals surface area (Å²) in [5.41, 5.74) is 0. The fraction of sp³-hybridized carbons (Fsp3) is 0.545. The van der Waals surface area contributed by atoms with Gasteiger partial charge in [-0.3, -0.25) is 0 Å². The molecule has 0 unspecified atom stereocenters. The number of hydrogen-bond acceptors (Lipinski definition) is 5. The molecule has 100 valence electrons. The van der Waals surface area contributed by atoms with Gasteiger partial charge in [0.05, 0.1) is 6.61 Å². The SMILES string of the molecule is Cc1oc(C(=O)OCCC2CC2)cc1S(N)(=O)=O. The largest absolute Gasteiger partial charge is 0.460 e. The minimum absolute atomic E-state index is 0.0895. The fourth-order valence-corrected chi connectivity index (χ4v) is 2.36. The Morgan fingerprint density at radius 1 is 1.56 bits per heavy atom. The molecule has 0 atom stereocenters. The van der Waals surface area contributed by atoms with Gasteiger partial charge in [0.1, 0.15) is 10.7 Å². The Bertz CT molecular complexity index is 556. The van der Waals surface area contributed by atoms with Gasteiger partial charge in [-0.15, -0.1) is 0 Å². The number of sulfonamides is 1. The Balaban J connectivity index is 2.01. The molecule has 0 spiro atoms. The molecule has 2 rings (SSSR count). The van der Waals surface area contributed by atoms with Crippen molar-refractivity contribution in [2.45, 2.75) is 31.1 Å². The lowest BCUT2D eigenvalue weighted by atomic mass is 10.3. The molecule has 2 N–H and O–H groups in total. The van der Waals surface area contributed by atoms with Gasteiger partial charge in [0.15, 0.2) is 0 Å². The third-order valence-corrected chi connectivity index (χ3v) is 3.85. The predicted octanol–water partition coefficient (Wildman–Crippen LogP) is 1.19. The summed E-state index contributed by atoms with van der Waals surface area (Å²) >= 11 is 0. The van der Waals surface area contributed by atoms with Crippen LogP contribution in [0.25, 0.3) is 0 Å². The van der Waals surface area contributed by atoms with Crippen LogP contribution in [0, 0.1) is 12.8 Å². The first-order valence-corrected chi connectivity index (χ1v) is 7.23. The van der Waals surface area contributed by atoms with Crippen molar-refractivity contribution in [3.05, 3.63) is 17.6 Å². The van der Waals surface area contributed by atoms with E-state index in [0.29, 0.717) is 12.5 Å². The highest BCUT2D eigenvalue weighted by molar-refractivity contribution is 7.89. The van der Waals surface area contributed by atoms with Crippen molar-refractivity contribution < 1.29 is 22.4 Å². The van der Waals surface area contributed by atoms with Crippen LogP contribution in [0.2, 0.25) is 0 Å². The molecule has 1 aliphatic rings. The monoisotopic (exact) mass is 273 g/mol. The van der Waals surface area contributed by atoms with E-state index in [0.717, 1.165) is 12.5 Å². The van der Waals surface area contributed by atoms with Gasteiger partial charge in [0, 0.05) is 6.07 Å². The van der Waals surface area contributed by atoms with E-state index in [1.54, 1.807) is 0 Å². The number of nitrogens with two attached hydrogens (primary N) is 1. The van der Waals surface area contributed by atoms with Crippen molar-refractivity contribution >= 4 is 16.0 Å². The highest BCUT2D eigenvalue weighted by atomic mass is 32.2. The Hall–Kier alpha value is -1.34. The third-order valence-electron chi connectivity index (χ3n) is 2.84. The topological polar surface area (TPSA) is 99.6 Å². The summed E-state index contributed by atoms with van der Waals surface area (Å²) in [5, 5.41) is 4.98. The average molecular weight is 273 g/mol. The molecule has 0 amide bonds. The van der Waals surface area contributed by atoms with Crippen molar-refractivity contribution in [2.24, 2.45) is 11.1 Å². The number of furan rings is 1. The maximum atomic E-state index is 11.6. The molecule has 1 aromatic rings. The lowest BCUT2D eigenvalue weighted by Gasteiger charge is -2.00. The lowest BCUT2D eigenvalue weighted by Crippen LogP contribution is -2.12. The van der Waals surface area contributed by atoms with E-state index < -0.39 is 16.0 Å². The highest BCUT2D eigenvalue weighted by Gasteiger charge is 2.24. The van der Waals surface area contributed by atoms with Gasteiger partial charge in [-0.05, 0) is 19.3 Å². The molecule has 0 bridgehead atoms. The zero-order valence-electron chi connectivity index (χ0n) is 10.0. The summed E-state index contributed by atoms with van der Waals surface area (Å²) < 4.78 is 32.4. The van der Waals surface area contributed by atoms with Gasteiger partial charge in [0.2, 0.25) is 15.8 Å². The summed E-state index contributed by atoms with van der Waals surface area (Å²) in [5.74, 6) is -0.0382. The molecular formula is C11H15NO5S. The van der Waals surface area contributed by atoms with Crippen LogP contribution in [-0.2, 0) is 14.8 Å². The summed E-state index contributed by atoms with van der Waals surface area (Å²) in [6, 6.07) is 1.10. The van der Waals surface area contributed by atoms with Crippen molar-refractivity contribution in [3.8, 4) is 0 Å². The first kappa shape index (κ1) is 13.1. The average Bonchev–Trinajstić information content (AvgIpc) is 2.98. The predicted molar refractivity (Wildman–Crippen MR) is 62.4 cm³/mol. The number of aryl methyl sites for hydroxylation is 1. The number of carbonyl (C=O) groups is 1. The maximum absolute atomic E-state index is 11.6. The van der Waals surface area contributed by atoms with Crippen LogP contribution in [0.3, 0.4) is 0 Å². The molecule has 18 heavy (non-hydrogen) atoms. The van der Waals surface area contributed by atoms with Gasteiger partial charge < -0.3 is 9.15 Å². The molecular weight excluding hydrogens is 258 g/mol. The van der Waals surface area contributed by atoms with Crippen molar-refractivity contribution in [2.75, 3.05) is 6.61 Å². The highest BCUT2D eigenvalue weighted by Crippen LogP contribution is 2.32. The molecule has 6 nitrogen and oxygen atoms in total. The Morgan fingerprint density at radius 2 is 2.22 bits per heavy atom. The van der Waals surface area contributed by atoms with Crippen LogP contribution in [0.15, 0.2) is 15.4 Å². The number of carbonyl (C=O) groups excluding carboxylic acids is 1. The minimum atomic E-state index is -3.87. The van der Waals surface area contributed by atoms with Gasteiger partial charge in [0.25, 0.3) is 0 Å². The molecule has 0 saturated heterocycles. The van der Waals surface area contributed by atoms with Crippen LogP contribution < -0.4 is 5.14 Å². The first-order chi connectivity index (χ1) is 8.38. The summed E-state index contributed by atoms with van der Waals surface area (Å²) in [4.78, 5) is 11.4. The van der Waals surface area contributed by atoms with Crippen molar-refractivity contribution in [3.63, 3.8) is 0 Å². The number of ether oxygens (including phenoxy) is 1. The molecule has 1 aromatic heterocycles. The summed E-state index contributed by atoms with van der Waals surface area (Å²) in [7, 11) is -3.87. The van der Waals surface area contributed by atoms with E-state index in [2.05, 4.69) is 0 Å². The minimum Gasteiger partial charge on any atom is -0.460 e. The van der Waals surface area contributed by atoms with E-state index in [1.807, 2.05) is 0 Å². The van der Waals surface area contributed by atoms with Crippen molar-refractivity contribution in [1.29, 1.82) is 0 Å². The van der Waals surface area contributed by atoms with E-state index >= 15 is 0 Å². The second-order valence-corrected chi connectivity index (χ2v) is 5.97. The standard InChI is InChI=1S/C11H15NO5S/c1-7-10(18(12,14)15)6-9(17-7)11(13)16-5-4-8-2-3-8/h6,8H,2-5H2,1H3,(H2,12,14,15). The van der Waals surface area contributed by atoms with Crippen molar-refractivity contribution in [1.82, 2.24) is 0 Å². The first-order valence-electron chi connectivity index (χ1n) is 5.68. The lowest BCUT2D eigenvalue weighted by molar-refractivity contribution is 0.0457. The number of hydrogen-bond donors (Lipinski definition) is 1. The molecule has 1 aliphatic carbocycles. The number of esters is 1. The Labute approximate surface area is 105 Å². The summed E-state index contributed by atoms with van der Waals surface area (Å²) in [6.45, 7) is 1.76. The molecule has 1 fully saturated rings. The molecule has 1 saturated carbocycles. The zero-order chi connectivity index (χ0) is 13.3. The molecule has 0 radical (unpaired) electrons. The van der Waals surface area contributed by atoms with Gasteiger partial charge in [-0.1, -0.05) is 12.8 Å².